The molecule has 34 heavy (non-hydrogen) atoms. The number of anilines is 2. The molecule has 176 valence electrons. The van der Waals surface area contributed by atoms with Gasteiger partial charge in [0, 0.05) is 35.6 Å². The van der Waals surface area contributed by atoms with E-state index < -0.39 is 11.9 Å². The van der Waals surface area contributed by atoms with Gasteiger partial charge in [0.1, 0.15) is 0 Å². The molecular weight excluding hydrogens is 430 g/mol. The van der Waals surface area contributed by atoms with Crippen LogP contribution >= 0.6 is 0 Å². The van der Waals surface area contributed by atoms with E-state index in [-0.39, 0.29) is 12.5 Å². The zero-order valence-electron chi connectivity index (χ0n) is 19.3. The summed E-state index contributed by atoms with van der Waals surface area (Å²) in [7, 11) is 4.08. The average molecular weight is 460 g/mol. The minimum atomic E-state index is -0.531. The van der Waals surface area contributed by atoms with E-state index in [0.717, 1.165) is 24.2 Å². The lowest BCUT2D eigenvalue weighted by Crippen LogP contribution is -2.28. The van der Waals surface area contributed by atoms with Crippen molar-refractivity contribution < 1.29 is 14.4 Å². The third kappa shape index (κ3) is 7.46. The van der Waals surface area contributed by atoms with Crippen molar-refractivity contribution in [3.8, 4) is 0 Å². The van der Waals surface area contributed by atoms with E-state index in [0.29, 0.717) is 16.8 Å². The average Bonchev–Trinajstić information content (AvgIpc) is 2.83. The number of carbonyl (C=O) groups excluding carboxylic acids is 3. The second-order valence-electron chi connectivity index (χ2n) is 8.15. The van der Waals surface area contributed by atoms with Gasteiger partial charge in [-0.25, -0.2) is 4.79 Å². The summed E-state index contributed by atoms with van der Waals surface area (Å²) in [5.41, 5.74) is 9.32. The topological polar surface area (TPSA) is 117 Å². The molecule has 3 aromatic rings. The van der Waals surface area contributed by atoms with Crippen molar-refractivity contribution in [1.82, 2.24) is 10.2 Å². The molecule has 0 saturated heterocycles. The first kappa shape index (κ1) is 24.5. The highest BCUT2D eigenvalue weighted by atomic mass is 16.2. The Morgan fingerprint density at radius 1 is 0.794 bits per heavy atom. The van der Waals surface area contributed by atoms with E-state index in [2.05, 4.69) is 20.9 Å². The third-order valence-electron chi connectivity index (χ3n) is 5.13. The predicted octanol–water partition coefficient (Wildman–Crippen LogP) is 3.46. The lowest BCUT2D eigenvalue weighted by molar-refractivity contribution is 0.0997. The number of hydrogen-bond donors (Lipinski definition) is 4. The molecule has 8 nitrogen and oxygen atoms in total. The maximum atomic E-state index is 12.7. The molecule has 0 saturated carbocycles. The van der Waals surface area contributed by atoms with Crippen LogP contribution in [0.15, 0.2) is 72.8 Å². The molecule has 3 rings (SSSR count). The van der Waals surface area contributed by atoms with Gasteiger partial charge in [-0.3, -0.25) is 9.59 Å². The van der Waals surface area contributed by atoms with Gasteiger partial charge in [-0.05, 0) is 80.2 Å². The van der Waals surface area contributed by atoms with Crippen molar-refractivity contribution in [2.45, 2.75) is 13.0 Å². The summed E-state index contributed by atoms with van der Waals surface area (Å²) in [6.07, 6.45) is 0.947. The summed E-state index contributed by atoms with van der Waals surface area (Å²) >= 11 is 0. The van der Waals surface area contributed by atoms with E-state index in [9.17, 15) is 14.4 Å². The Bertz CT molecular complexity index is 1140. The normalized spacial score (nSPS) is 10.6. The van der Waals surface area contributed by atoms with E-state index in [4.69, 9.17) is 5.73 Å². The van der Waals surface area contributed by atoms with Crippen LogP contribution in [0.1, 0.15) is 31.8 Å². The first-order valence-electron chi connectivity index (χ1n) is 10.9. The molecule has 0 fully saturated rings. The van der Waals surface area contributed by atoms with Crippen molar-refractivity contribution >= 4 is 29.2 Å². The molecule has 0 aliphatic heterocycles. The van der Waals surface area contributed by atoms with Gasteiger partial charge in [-0.15, -0.1) is 0 Å². The lowest BCUT2D eigenvalue weighted by atomic mass is 10.1. The van der Waals surface area contributed by atoms with E-state index in [1.165, 1.54) is 17.7 Å². The van der Waals surface area contributed by atoms with Gasteiger partial charge in [0.25, 0.3) is 5.91 Å². The highest BCUT2D eigenvalue weighted by Gasteiger charge is 2.09. The van der Waals surface area contributed by atoms with Crippen LogP contribution < -0.4 is 21.7 Å². The highest BCUT2D eigenvalue weighted by Crippen LogP contribution is 2.14. The van der Waals surface area contributed by atoms with Crippen LogP contribution in [-0.4, -0.2) is 43.4 Å². The van der Waals surface area contributed by atoms with Crippen LogP contribution in [0.3, 0.4) is 0 Å². The first-order chi connectivity index (χ1) is 16.3. The number of urea groups is 1. The summed E-state index contributed by atoms with van der Waals surface area (Å²) in [6, 6.07) is 20.8. The Hall–Kier alpha value is -4.17. The van der Waals surface area contributed by atoms with Crippen molar-refractivity contribution in [3.05, 3.63) is 95.1 Å². The van der Waals surface area contributed by atoms with Crippen LogP contribution in [0.2, 0.25) is 0 Å². The van der Waals surface area contributed by atoms with Crippen molar-refractivity contribution in [2.24, 2.45) is 5.73 Å². The Kier molecular flexibility index (Phi) is 8.37. The van der Waals surface area contributed by atoms with Crippen molar-refractivity contribution in [1.29, 1.82) is 0 Å². The van der Waals surface area contributed by atoms with E-state index >= 15 is 0 Å². The smallest absolute Gasteiger partial charge is 0.319 e. The minimum Gasteiger partial charge on any atom is -0.366 e. The largest absolute Gasteiger partial charge is 0.366 e. The third-order valence-corrected chi connectivity index (χ3v) is 5.13. The number of rotatable bonds is 9. The molecule has 5 N–H and O–H groups in total. The SMILES string of the molecule is CN(C)CCc1ccc(NC(=O)c2cccc(CNC(=O)Nc3ccc(C(N)=O)cc3)c2)cc1. The minimum absolute atomic E-state index is 0.220. The molecule has 0 bridgehead atoms. The molecule has 0 aliphatic rings. The Morgan fingerprint density at radius 2 is 1.44 bits per heavy atom. The van der Waals surface area contributed by atoms with Gasteiger partial charge in [-0.2, -0.15) is 0 Å². The number of likely N-dealkylation sites (N-methyl/N-ethyl adjacent to an activating group) is 1. The summed E-state index contributed by atoms with van der Waals surface area (Å²) in [5, 5.41) is 8.34. The Morgan fingerprint density at radius 3 is 2.09 bits per heavy atom. The summed E-state index contributed by atoms with van der Waals surface area (Å²) in [4.78, 5) is 38.1. The second kappa shape index (κ2) is 11.6. The Balaban J connectivity index is 1.52. The first-order valence-corrected chi connectivity index (χ1v) is 10.9. The monoisotopic (exact) mass is 459 g/mol. The maximum absolute atomic E-state index is 12.7. The second-order valence-corrected chi connectivity index (χ2v) is 8.15. The number of amides is 4. The molecule has 0 spiro atoms. The molecule has 0 aromatic heterocycles. The molecule has 4 amide bonds. The molecular formula is C26H29N5O3. The summed E-state index contributed by atoms with van der Waals surface area (Å²) < 4.78 is 0. The number of nitrogens with one attached hydrogen (secondary N) is 3. The maximum Gasteiger partial charge on any atom is 0.319 e. The number of nitrogens with two attached hydrogens (primary N) is 1. The standard InChI is InChI=1S/C26H29N5O3/c1-31(2)15-14-18-6-10-22(11-7-18)29-25(33)21-5-3-4-19(16-21)17-28-26(34)30-23-12-8-20(9-13-23)24(27)32/h3-13,16H,14-15,17H2,1-2H3,(H2,27,32)(H,29,33)(H2,28,30,34). The van der Waals surface area contributed by atoms with Gasteiger partial charge in [0.2, 0.25) is 5.91 Å². The molecule has 0 radical (unpaired) electrons. The fourth-order valence-electron chi connectivity index (χ4n) is 3.21. The van der Waals surface area contributed by atoms with Crippen LogP contribution in [-0.2, 0) is 13.0 Å². The zero-order chi connectivity index (χ0) is 24.5. The quantitative estimate of drug-likeness (QED) is 0.392. The molecule has 0 atom stereocenters. The van der Waals surface area contributed by atoms with Crippen LogP contribution in [0, 0.1) is 0 Å². The van der Waals surface area contributed by atoms with Gasteiger partial charge in [-0.1, -0.05) is 24.3 Å². The fraction of sp³-hybridized carbons (Fsp3) is 0.192. The number of nitrogens with zero attached hydrogens (tertiary/aromatic N) is 1. The molecule has 0 heterocycles. The number of primary amides is 1. The molecule has 0 unspecified atom stereocenters. The zero-order valence-corrected chi connectivity index (χ0v) is 19.3. The highest BCUT2D eigenvalue weighted by molar-refractivity contribution is 6.04. The molecule has 0 aliphatic carbocycles. The van der Waals surface area contributed by atoms with Crippen molar-refractivity contribution in [3.63, 3.8) is 0 Å². The molecule has 3 aromatic carbocycles. The lowest BCUT2D eigenvalue weighted by Gasteiger charge is -2.11. The number of benzene rings is 3. The fourth-order valence-corrected chi connectivity index (χ4v) is 3.21. The van der Waals surface area contributed by atoms with Gasteiger partial charge in [0.05, 0.1) is 0 Å². The number of hydrogen-bond acceptors (Lipinski definition) is 4. The molecule has 8 heteroatoms. The van der Waals surface area contributed by atoms with Gasteiger partial charge < -0.3 is 26.6 Å². The predicted molar refractivity (Wildman–Crippen MR) is 134 cm³/mol. The summed E-state index contributed by atoms with van der Waals surface area (Å²) in [6.45, 7) is 1.21. The van der Waals surface area contributed by atoms with Crippen LogP contribution in [0.25, 0.3) is 0 Å². The van der Waals surface area contributed by atoms with Crippen molar-refractivity contribution in [2.75, 3.05) is 31.3 Å². The Labute approximate surface area is 199 Å². The van der Waals surface area contributed by atoms with Gasteiger partial charge >= 0.3 is 6.03 Å². The van der Waals surface area contributed by atoms with Gasteiger partial charge in [0.15, 0.2) is 0 Å². The number of carbonyl (C=O) groups is 3. The van der Waals surface area contributed by atoms with Crippen LogP contribution in [0.5, 0.6) is 0 Å². The van der Waals surface area contributed by atoms with Crippen LogP contribution in [0.4, 0.5) is 16.2 Å². The van der Waals surface area contributed by atoms with E-state index in [1.807, 2.05) is 44.4 Å². The summed E-state index contributed by atoms with van der Waals surface area (Å²) in [5.74, 6) is -0.751. The van der Waals surface area contributed by atoms with E-state index in [1.54, 1.807) is 30.3 Å².